The highest BCUT2D eigenvalue weighted by atomic mass is 16.4. The summed E-state index contributed by atoms with van der Waals surface area (Å²) in [6.45, 7) is 3.63. The number of rotatable bonds is 7. The van der Waals surface area contributed by atoms with Gasteiger partial charge in [0.15, 0.2) is 0 Å². The van der Waals surface area contributed by atoms with Crippen molar-refractivity contribution in [2.24, 2.45) is 0 Å². The average Bonchev–Trinajstić information content (AvgIpc) is 1.96. The molecule has 0 atom stereocenters. The van der Waals surface area contributed by atoms with E-state index in [9.17, 15) is 0 Å². The molecule has 0 saturated carbocycles. The van der Waals surface area contributed by atoms with Gasteiger partial charge < -0.3 is 10.0 Å². The van der Waals surface area contributed by atoms with E-state index in [-0.39, 0.29) is 0 Å². The third-order valence-corrected chi connectivity index (χ3v) is 1.62. The second-order valence-electron chi connectivity index (χ2n) is 2.76. The molecule has 0 bridgehead atoms. The van der Waals surface area contributed by atoms with Crippen molar-refractivity contribution < 1.29 is 10.0 Å². The Hall–Kier alpha value is -0.275. The fourth-order valence-electron chi connectivity index (χ4n) is 0.969. The van der Waals surface area contributed by atoms with Crippen molar-refractivity contribution in [3.05, 3.63) is 12.7 Å². The van der Waals surface area contributed by atoms with Crippen LogP contribution in [0, 0.1) is 0 Å². The summed E-state index contributed by atoms with van der Waals surface area (Å²) in [5.41, 5.74) is 0. The van der Waals surface area contributed by atoms with Gasteiger partial charge in [0.25, 0.3) is 0 Å². The summed E-state index contributed by atoms with van der Waals surface area (Å²) in [6, 6.07) is 0. The van der Waals surface area contributed by atoms with Gasteiger partial charge in [0.2, 0.25) is 0 Å². The molecule has 64 valence electrons. The van der Waals surface area contributed by atoms with E-state index in [0.717, 1.165) is 19.3 Å². The highest BCUT2D eigenvalue weighted by Gasteiger charge is 2.03. The summed E-state index contributed by atoms with van der Waals surface area (Å²) in [5.74, 6) is 0. The van der Waals surface area contributed by atoms with E-state index in [4.69, 9.17) is 10.0 Å². The van der Waals surface area contributed by atoms with Crippen LogP contribution in [0.2, 0.25) is 6.32 Å². The molecule has 0 saturated heterocycles. The van der Waals surface area contributed by atoms with Gasteiger partial charge in [-0.1, -0.05) is 25.3 Å². The van der Waals surface area contributed by atoms with E-state index < -0.39 is 7.12 Å². The lowest BCUT2D eigenvalue weighted by molar-refractivity contribution is 0.401. The van der Waals surface area contributed by atoms with Gasteiger partial charge in [-0.25, -0.2) is 0 Å². The molecule has 0 spiro atoms. The number of hydrogen-bond donors (Lipinski definition) is 2. The number of unbranched alkanes of at least 4 members (excludes halogenated alkanes) is 4. The van der Waals surface area contributed by atoms with E-state index in [1.165, 1.54) is 12.8 Å². The molecular weight excluding hydrogens is 139 g/mol. The molecule has 2 nitrogen and oxygen atoms in total. The molecule has 0 aliphatic heterocycles. The normalized spacial score (nSPS) is 9.64. The van der Waals surface area contributed by atoms with Crippen molar-refractivity contribution in [3.8, 4) is 0 Å². The van der Waals surface area contributed by atoms with Gasteiger partial charge in [-0.15, -0.1) is 6.58 Å². The minimum atomic E-state index is -1.12. The van der Waals surface area contributed by atoms with Crippen molar-refractivity contribution in [2.75, 3.05) is 0 Å². The van der Waals surface area contributed by atoms with Crippen LogP contribution in [0.3, 0.4) is 0 Å². The fourth-order valence-corrected chi connectivity index (χ4v) is 0.969. The van der Waals surface area contributed by atoms with E-state index in [2.05, 4.69) is 6.58 Å². The zero-order valence-corrected chi connectivity index (χ0v) is 7.00. The van der Waals surface area contributed by atoms with Crippen LogP contribution >= 0.6 is 0 Å². The van der Waals surface area contributed by atoms with Gasteiger partial charge in [0.05, 0.1) is 0 Å². The maximum absolute atomic E-state index is 8.49. The van der Waals surface area contributed by atoms with Crippen LogP contribution in [0.4, 0.5) is 0 Å². The molecule has 0 aliphatic carbocycles. The summed E-state index contributed by atoms with van der Waals surface area (Å²) in [5, 5.41) is 17.0. The first-order valence-corrected chi connectivity index (χ1v) is 4.24. The molecule has 2 N–H and O–H groups in total. The van der Waals surface area contributed by atoms with E-state index in [0.29, 0.717) is 6.32 Å². The minimum Gasteiger partial charge on any atom is -0.427 e. The molecule has 11 heavy (non-hydrogen) atoms. The predicted octanol–water partition coefficient (Wildman–Crippen LogP) is 1.60. The van der Waals surface area contributed by atoms with Crippen molar-refractivity contribution >= 4 is 7.12 Å². The standard InChI is InChI=1S/C8H17BO2/c1-2-3-4-5-6-7-8-9(10)11/h2,10-11H,1,3-8H2. The molecule has 0 heterocycles. The van der Waals surface area contributed by atoms with Crippen LogP contribution in [-0.2, 0) is 0 Å². The average molecular weight is 156 g/mol. The Morgan fingerprint density at radius 2 is 1.73 bits per heavy atom. The molecule has 3 heteroatoms. The Bertz CT molecular complexity index is 94.1. The summed E-state index contributed by atoms with van der Waals surface area (Å²) >= 11 is 0. The van der Waals surface area contributed by atoms with Gasteiger partial charge in [-0.2, -0.15) is 0 Å². The van der Waals surface area contributed by atoms with E-state index in [1.54, 1.807) is 0 Å². The zero-order chi connectivity index (χ0) is 8.53. The van der Waals surface area contributed by atoms with Gasteiger partial charge >= 0.3 is 7.12 Å². The Kier molecular flexibility index (Phi) is 7.63. The lowest BCUT2D eigenvalue weighted by atomic mass is 9.83. The lowest BCUT2D eigenvalue weighted by Gasteiger charge is -1.98. The first-order valence-electron chi connectivity index (χ1n) is 4.24. The van der Waals surface area contributed by atoms with Crippen molar-refractivity contribution in [1.29, 1.82) is 0 Å². The van der Waals surface area contributed by atoms with E-state index in [1.807, 2.05) is 6.08 Å². The quantitative estimate of drug-likeness (QED) is 0.334. The van der Waals surface area contributed by atoms with Crippen LogP contribution in [0.1, 0.15) is 32.1 Å². The highest BCUT2D eigenvalue weighted by Crippen LogP contribution is 2.06. The van der Waals surface area contributed by atoms with Crippen molar-refractivity contribution in [2.45, 2.75) is 38.4 Å². The molecule has 0 aromatic heterocycles. The smallest absolute Gasteiger partial charge is 0.427 e. The molecule has 0 aliphatic rings. The third kappa shape index (κ3) is 9.72. The zero-order valence-electron chi connectivity index (χ0n) is 7.00. The summed E-state index contributed by atoms with van der Waals surface area (Å²) in [6.07, 6.45) is 7.83. The molecule has 0 fully saturated rings. The van der Waals surface area contributed by atoms with Gasteiger partial charge in [-0.05, 0) is 19.2 Å². The SMILES string of the molecule is C=CCCCCCCB(O)O. The largest absolute Gasteiger partial charge is 0.451 e. The maximum atomic E-state index is 8.49. The predicted molar refractivity (Wildman–Crippen MR) is 48.3 cm³/mol. The lowest BCUT2D eigenvalue weighted by Crippen LogP contribution is -2.09. The second-order valence-corrected chi connectivity index (χ2v) is 2.76. The molecule has 0 amide bonds. The number of allylic oxidation sites excluding steroid dienone is 1. The monoisotopic (exact) mass is 156 g/mol. The Morgan fingerprint density at radius 3 is 2.27 bits per heavy atom. The first kappa shape index (κ1) is 10.7. The van der Waals surface area contributed by atoms with Gasteiger partial charge in [0.1, 0.15) is 0 Å². The molecule has 0 aromatic rings. The Labute approximate surface area is 69.1 Å². The van der Waals surface area contributed by atoms with E-state index >= 15 is 0 Å². The highest BCUT2D eigenvalue weighted by molar-refractivity contribution is 6.40. The van der Waals surface area contributed by atoms with Gasteiger partial charge in [0, 0.05) is 0 Å². The van der Waals surface area contributed by atoms with Crippen LogP contribution < -0.4 is 0 Å². The van der Waals surface area contributed by atoms with Crippen LogP contribution in [0.5, 0.6) is 0 Å². The van der Waals surface area contributed by atoms with Crippen molar-refractivity contribution in [3.63, 3.8) is 0 Å². The number of hydrogen-bond acceptors (Lipinski definition) is 2. The maximum Gasteiger partial charge on any atom is 0.451 e. The topological polar surface area (TPSA) is 40.5 Å². The Balaban J connectivity index is 2.85. The molecule has 0 rings (SSSR count). The molecule has 0 unspecified atom stereocenters. The Morgan fingerprint density at radius 1 is 1.09 bits per heavy atom. The molecule has 0 aromatic carbocycles. The van der Waals surface area contributed by atoms with Crippen LogP contribution in [0.15, 0.2) is 12.7 Å². The second kappa shape index (κ2) is 7.83. The molecule has 0 radical (unpaired) electrons. The summed E-state index contributed by atoms with van der Waals surface area (Å²) in [4.78, 5) is 0. The third-order valence-electron chi connectivity index (χ3n) is 1.62. The van der Waals surface area contributed by atoms with Crippen molar-refractivity contribution in [1.82, 2.24) is 0 Å². The molecular formula is C8H17BO2. The van der Waals surface area contributed by atoms with Crippen LogP contribution in [-0.4, -0.2) is 17.2 Å². The fraction of sp³-hybridized carbons (Fsp3) is 0.750. The van der Waals surface area contributed by atoms with Gasteiger partial charge in [-0.3, -0.25) is 0 Å². The van der Waals surface area contributed by atoms with Crippen LogP contribution in [0.25, 0.3) is 0 Å². The summed E-state index contributed by atoms with van der Waals surface area (Å²) < 4.78 is 0. The first-order chi connectivity index (χ1) is 5.27. The minimum absolute atomic E-state index is 0.508. The summed E-state index contributed by atoms with van der Waals surface area (Å²) in [7, 11) is -1.12.